The van der Waals surface area contributed by atoms with Crippen LogP contribution in [-0.4, -0.2) is 23.7 Å². The van der Waals surface area contributed by atoms with Crippen LogP contribution in [0.4, 0.5) is 11.4 Å². The van der Waals surface area contributed by atoms with Crippen molar-refractivity contribution in [1.82, 2.24) is 0 Å². The molecule has 0 aliphatic carbocycles. The molecule has 3 N–H and O–H groups in total. The minimum atomic E-state index is -0.488. The number of benzene rings is 2. The molecule has 2 aromatic rings. The molecule has 2 aromatic carbocycles. The van der Waals surface area contributed by atoms with Gasteiger partial charge < -0.3 is 10.1 Å². The number of rotatable bonds is 5. The summed E-state index contributed by atoms with van der Waals surface area (Å²) in [7, 11) is 0. The first-order valence-electron chi connectivity index (χ1n) is 6.73. The molecule has 0 atom stereocenters. The average molecular weight is 300 g/mol. The van der Waals surface area contributed by atoms with Crippen LogP contribution in [0.1, 0.15) is 27.6 Å². The number of carbonyl (C=O) groups excluding carboxylic acids is 2. The molecule has 0 heterocycles. The SMILES string of the molecule is CCOC(=O)c1ccccc1NC(=O)c1ccc(NO)cc1. The van der Waals surface area contributed by atoms with Gasteiger partial charge in [0.15, 0.2) is 0 Å². The number of para-hydroxylation sites is 1. The Morgan fingerprint density at radius 1 is 1.09 bits per heavy atom. The first-order valence-corrected chi connectivity index (χ1v) is 6.73. The Balaban J connectivity index is 2.19. The molecule has 1 amide bonds. The predicted octanol–water partition coefficient (Wildman–Crippen LogP) is 2.92. The lowest BCUT2D eigenvalue weighted by Crippen LogP contribution is -2.15. The first-order chi connectivity index (χ1) is 10.7. The van der Waals surface area contributed by atoms with Crippen LogP contribution < -0.4 is 10.8 Å². The van der Waals surface area contributed by atoms with Crippen molar-refractivity contribution in [3.05, 3.63) is 59.7 Å². The summed E-state index contributed by atoms with van der Waals surface area (Å²) < 4.78 is 4.96. The van der Waals surface area contributed by atoms with Crippen molar-refractivity contribution in [2.24, 2.45) is 0 Å². The van der Waals surface area contributed by atoms with Gasteiger partial charge in [-0.15, -0.1) is 0 Å². The third-order valence-electron chi connectivity index (χ3n) is 2.95. The second-order valence-corrected chi connectivity index (χ2v) is 4.41. The maximum atomic E-state index is 12.2. The standard InChI is InChI=1S/C16H16N2O4/c1-2-22-16(20)13-5-3-4-6-14(13)17-15(19)11-7-9-12(18-21)10-8-11/h3-10,18,21H,2H2,1H3,(H,17,19). The molecule has 6 heteroatoms. The molecule has 0 radical (unpaired) electrons. The summed E-state index contributed by atoms with van der Waals surface area (Å²) in [6, 6.07) is 12.9. The van der Waals surface area contributed by atoms with Crippen molar-refractivity contribution in [1.29, 1.82) is 0 Å². The summed E-state index contributed by atoms with van der Waals surface area (Å²) >= 11 is 0. The summed E-state index contributed by atoms with van der Waals surface area (Å²) in [5, 5.41) is 11.4. The average Bonchev–Trinajstić information content (AvgIpc) is 2.55. The minimum absolute atomic E-state index is 0.261. The first kappa shape index (κ1) is 15.5. The Morgan fingerprint density at radius 2 is 1.77 bits per heavy atom. The minimum Gasteiger partial charge on any atom is -0.462 e. The molecule has 114 valence electrons. The lowest BCUT2D eigenvalue weighted by molar-refractivity contribution is 0.0527. The fourth-order valence-electron chi connectivity index (χ4n) is 1.87. The molecule has 22 heavy (non-hydrogen) atoms. The molecule has 0 fully saturated rings. The smallest absolute Gasteiger partial charge is 0.340 e. The van der Waals surface area contributed by atoms with Gasteiger partial charge in [-0.1, -0.05) is 12.1 Å². The fourth-order valence-corrected chi connectivity index (χ4v) is 1.87. The topological polar surface area (TPSA) is 87.7 Å². The van der Waals surface area contributed by atoms with Crippen molar-refractivity contribution in [3.63, 3.8) is 0 Å². The summed E-state index contributed by atoms with van der Waals surface area (Å²) in [6.07, 6.45) is 0. The molecule has 0 aromatic heterocycles. The Labute approximate surface area is 127 Å². The van der Waals surface area contributed by atoms with E-state index in [9.17, 15) is 9.59 Å². The van der Waals surface area contributed by atoms with Crippen LogP contribution in [0.3, 0.4) is 0 Å². The quantitative estimate of drug-likeness (QED) is 0.583. The van der Waals surface area contributed by atoms with Crippen LogP contribution in [0.25, 0.3) is 0 Å². The van der Waals surface area contributed by atoms with Crippen LogP contribution in [0.2, 0.25) is 0 Å². The van der Waals surface area contributed by atoms with Gasteiger partial charge in [-0.3, -0.25) is 15.5 Å². The number of hydrogen-bond donors (Lipinski definition) is 3. The molecular formula is C16H16N2O4. The lowest BCUT2D eigenvalue weighted by Gasteiger charge is -2.10. The normalized spacial score (nSPS) is 9.91. The van der Waals surface area contributed by atoms with Crippen molar-refractivity contribution in [2.75, 3.05) is 17.4 Å². The van der Waals surface area contributed by atoms with E-state index in [0.29, 0.717) is 22.5 Å². The van der Waals surface area contributed by atoms with E-state index in [1.807, 2.05) is 5.48 Å². The molecule has 0 saturated heterocycles. The van der Waals surface area contributed by atoms with E-state index in [4.69, 9.17) is 9.94 Å². The molecule has 2 rings (SSSR count). The number of hydrogen-bond acceptors (Lipinski definition) is 5. The van der Waals surface area contributed by atoms with Crippen molar-refractivity contribution in [3.8, 4) is 0 Å². The maximum absolute atomic E-state index is 12.2. The van der Waals surface area contributed by atoms with Gasteiger partial charge in [0.1, 0.15) is 0 Å². The third-order valence-corrected chi connectivity index (χ3v) is 2.95. The van der Waals surface area contributed by atoms with Crippen LogP contribution in [0.15, 0.2) is 48.5 Å². The van der Waals surface area contributed by atoms with Crippen LogP contribution in [0, 0.1) is 0 Å². The molecule has 0 bridgehead atoms. The third kappa shape index (κ3) is 3.62. The van der Waals surface area contributed by atoms with E-state index in [1.165, 1.54) is 0 Å². The van der Waals surface area contributed by atoms with E-state index < -0.39 is 5.97 Å². The van der Waals surface area contributed by atoms with E-state index in [-0.39, 0.29) is 12.5 Å². The van der Waals surface area contributed by atoms with Crippen LogP contribution >= 0.6 is 0 Å². The van der Waals surface area contributed by atoms with Gasteiger partial charge in [0, 0.05) is 5.56 Å². The molecular weight excluding hydrogens is 284 g/mol. The van der Waals surface area contributed by atoms with Gasteiger partial charge in [-0.25, -0.2) is 4.79 Å². The molecule has 0 saturated carbocycles. The van der Waals surface area contributed by atoms with Crippen molar-refractivity contribution < 1.29 is 19.5 Å². The summed E-state index contributed by atoms with van der Waals surface area (Å²) in [4.78, 5) is 24.1. The molecule has 0 aliphatic heterocycles. The van der Waals surface area contributed by atoms with E-state index >= 15 is 0 Å². The zero-order chi connectivity index (χ0) is 15.9. The highest BCUT2D eigenvalue weighted by atomic mass is 16.5. The van der Waals surface area contributed by atoms with Gasteiger partial charge >= 0.3 is 5.97 Å². The Bertz CT molecular complexity index is 668. The summed E-state index contributed by atoms with van der Waals surface area (Å²) in [5.41, 5.74) is 3.55. The van der Waals surface area contributed by atoms with Crippen LogP contribution in [0.5, 0.6) is 0 Å². The summed E-state index contributed by atoms with van der Waals surface area (Å²) in [6.45, 7) is 1.98. The largest absolute Gasteiger partial charge is 0.462 e. The monoisotopic (exact) mass is 300 g/mol. The van der Waals surface area contributed by atoms with E-state index in [1.54, 1.807) is 55.5 Å². The fraction of sp³-hybridized carbons (Fsp3) is 0.125. The second kappa shape index (κ2) is 7.24. The number of carbonyl (C=O) groups is 2. The molecule has 0 aliphatic rings. The predicted molar refractivity (Wildman–Crippen MR) is 82.2 cm³/mol. The zero-order valence-electron chi connectivity index (χ0n) is 12.0. The highest BCUT2D eigenvalue weighted by Crippen LogP contribution is 2.18. The van der Waals surface area contributed by atoms with Crippen molar-refractivity contribution in [2.45, 2.75) is 6.92 Å². The van der Waals surface area contributed by atoms with E-state index in [0.717, 1.165) is 0 Å². The van der Waals surface area contributed by atoms with Gasteiger partial charge in [0.2, 0.25) is 0 Å². The summed E-state index contributed by atoms with van der Waals surface area (Å²) in [5.74, 6) is -0.848. The maximum Gasteiger partial charge on any atom is 0.340 e. The Morgan fingerprint density at radius 3 is 2.41 bits per heavy atom. The van der Waals surface area contributed by atoms with Gasteiger partial charge in [0.05, 0.1) is 23.5 Å². The van der Waals surface area contributed by atoms with Gasteiger partial charge in [0.25, 0.3) is 5.91 Å². The van der Waals surface area contributed by atoms with Crippen LogP contribution in [-0.2, 0) is 4.74 Å². The van der Waals surface area contributed by atoms with E-state index in [2.05, 4.69) is 5.32 Å². The molecule has 0 spiro atoms. The lowest BCUT2D eigenvalue weighted by atomic mass is 10.1. The zero-order valence-corrected chi connectivity index (χ0v) is 12.0. The highest BCUT2D eigenvalue weighted by molar-refractivity contribution is 6.08. The number of ether oxygens (including phenoxy) is 1. The highest BCUT2D eigenvalue weighted by Gasteiger charge is 2.14. The number of anilines is 2. The molecule has 6 nitrogen and oxygen atoms in total. The second-order valence-electron chi connectivity index (χ2n) is 4.41. The Kier molecular flexibility index (Phi) is 5.11. The Hall–Kier alpha value is -2.86. The van der Waals surface area contributed by atoms with Gasteiger partial charge in [-0.05, 0) is 43.3 Å². The molecule has 0 unspecified atom stereocenters. The number of nitrogens with one attached hydrogen (secondary N) is 2. The van der Waals surface area contributed by atoms with Gasteiger partial charge in [-0.2, -0.15) is 0 Å². The number of esters is 1. The number of amides is 1. The van der Waals surface area contributed by atoms with Crippen molar-refractivity contribution >= 4 is 23.3 Å².